The normalized spacial score (nSPS) is 18.4. The van der Waals surface area contributed by atoms with E-state index in [1.54, 1.807) is 0 Å². The lowest BCUT2D eigenvalue weighted by molar-refractivity contribution is 0.103. The SMILES string of the molecule is C=C1N=C(C)C(C2=C3N=C(N(CC)CC)N=C3c3ccccc3C2=O)=C1C. The smallest absolute Gasteiger partial charge is 0.226 e. The number of guanidine groups is 1. The van der Waals surface area contributed by atoms with Gasteiger partial charge in [0.15, 0.2) is 5.78 Å². The highest BCUT2D eigenvalue weighted by molar-refractivity contribution is 6.35. The summed E-state index contributed by atoms with van der Waals surface area (Å²) in [5, 5.41) is 0. The van der Waals surface area contributed by atoms with Crippen LogP contribution in [-0.4, -0.2) is 41.2 Å². The van der Waals surface area contributed by atoms with Crippen molar-refractivity contribution in [1.82, 2.24) is 4.90 Å². The topological polar surface area (TPSA) is 57.4 Å². The van der Waals surface area contributed by atoms with Crippen LogP contribution in [0.3, 0.4) is 0 Å². The molecule has 4 rings (SSSR count). The standard InChI is InChI=1S/C22H22N4O/c1-6-26(7-2)22-24-19-15-10-8-9-11-16(15)21(27)18(20(19)25-22)17-12(3)13(4)23-14(17)5/h8-11H,4,6-7H2,1-3,5H3. The van der Waals surface area contributed by atoms with Crippen LogP contribution in [0.25, 0.3) is 0 Å². The Morgan fingerprint density at radius 2 is 1.63 bits per heavy atom. The van der Waals surface area contributed by atoms with Gasteiger partial charge in [0.1, 0.15) is 11.4 Å². The molecule has 5 nitrogen and oxygen atoms in total. The quantitative estimate of drug-likeness (QED) is 0.822. The number of Topliss-reactive ketones (excluding diaryl/α,β-unsaturated/α-hetero) is 1. The van der Waals surface area contributed by atoms with Crippen molar-refractivity contribution in [3.63, 3.8) is 0 Å². The third kappa shape index (κ3) is 2.46. The second kappa shape index (κ2) is 6.27. The van der Waals surface area contributed by atoms with Crippen LogP contribution in [0.15, 0.2) is 73.9 Å². The van der Waals surface area contributed by atoms with E-state index in [-0.39, 0.29) is 5.78 Å². The van der Waals surface area contributed by atoms with Gasteiger partial charge in [-0.05, 0) is 33.3 Å². The van der Waals surface area contributed by atoms with E-state index in [9.17, 15) is 4.79 Å². The highest BCUT2D eigenvalue weighted by Gasteiger charge is 2.38. The summed E-state index contributed by atoms with van der Waals surface area (Å²) in [4.78, 5) is 29.6. The predicted octanol–water partition coefficient (Wildman–Crippen LogP) is 3.94. The first-order valence-electron chi connectivity index (χ1n) is 9.25. The highest BCUT2D eigenvalue weighted by atomic mass is 16.1. The highest BCUT2D eigenvalue weighted by Crippen LogP contribution is 2.38. The lowest BCUT2D eigenvalue weighted by atomic mass is 9.81. The molecule has 1 aliphatic carbocycles. The van der Waals surface area contributed by atoms with Crippen LogP contribution in [0, 0.1) is 0 Å². The molecule has 0 radical (unpaired) electrons. The molecule has 0 N–H and O–H groups in total. The maximum Gasteiger partial charge on any atom is 0.226 e. The fraction of sp³-hybridized carbons (Fsp3) is 0.273. The number of carbonyl (C=O) groups excluding carboxylic acids is 1. The molecule has 0 atom stereocenters. The summed E-state index contributed by atoms with van der Waals surface area (Å²) < 4.78 is 0. The van der Waals surface area contributed by atoms with E-state index in [1.807, 2.05) is 38.1 Å². The van der Waals surface area contributed by atoms with E-state index in [1.165, 1.54) is 0 Å². The van der Waals surface area contributed by atoms with E-state index < -0.39 is 0 Å². The summed E-state index contributed by atoms with van der Waals surface area (Å²) in [6.07, 6.45) is 0. The third-order valence-corrected chi connectivity index (χ3v) is 5.31. The molecular formula is C22H22N4O. The maximum atomic E-state index is 13.4. The lowest BCUT2D eigenvalue weighted by Crippen LogP contribution is -2.28. The number of ketones is 1. The van der Waals surface area contributed by atoms with Gasteiger partial charge in [-0.2, -0.15) is 0 Å². The van der Waals surface area contributed by atoms with Gasteiger partial charge in [0.05, 0.1) is 11.3 Å². The molecule has 0 unspecified atom stereocenters. The first kappa shape index (κ1) is 17.3. The minimum Gasteiger partial charge on any atom is -0.341 e. The average Bonchev–Trinajstić information content (AvgIpc) is 3.20. The number of rotatable bonds is 3. The molecule has 27 heavy (non-hydrogen) atoms. The molecule has 1 aromatic rings. The number of benzene rings is 1. The summed E-state index contributed by atoms with van der Waals surface area (Å²) >= 11 is 0. The van der Waals surface area contributed by atoms with Gasteiger partial charge in [0, 0.05) is 35.5 Å². The molecule has 0 bridgehead atoms. The molecular weight excluding hydrogens is 336 g/mol. The minimum atomic E-state index is -0.0253. The molecule has 2 aliphatic heterocycles. The number of hydrogen-bond donors (Lipinski definition) is 0. The summed E-state index contributed by atoms with van der Waals surface area (Å²) in [5.74, 6) is 0.638. The van der Waals surface area contributed by atoms with Crippen LogP contribution in [0.4, 0.5) is 0 Å². The Bertz CT molecular complexity index is 1050. The molecule has 0 saturated heterocycles. The number of aliphatic imine (C=N–C) groups is 3. The van der Waals surface area contributed by atoms with Crippen molar-refractivity contribution in [3.05, 3.63) is 70.1 Å². The average molecular weight is 358 g/mol. The molecule has 136 valence electrons. The van der Waals surface area contributed by atoms with Gasteiger partial charge in [-0.15, -0.1) is 0 Å². The van der Waals surface area contributed by atoms with Crippen LogP contribution >= 0.6 is 0 Å². The van der Waals surface area contributed by atoms with Gasteiger partial charge in [0.25, 0.3) is 0 Å². The Labute approximate surface area is 159 Å². The number of carbonyl (C=O) groups is 1. The summed E-state index contributed by atoms with van der Waals surface area (Å²) in [6, 6.07) is 7.62. The number of fused-ring (bicyclic) bond motifs is 3. The van der Waals surface area contributed by atoms with E-state index in [0.717, 1.165) is 41.2 Å². The molecule has 3 aliphatic rings. The van der Waals surface area contributed by atoms with Crippen molar-refractivity contribution in [3.8, 4) is 0 Å². The fourth-order valence-corrected chi connectivity index (χ4v) is 3.83. The third-order valence-electron chi connectivity index (χ3n) is 5.31. The molecule has 0 aromatic heterocycles. The second-order valence-electron chi connectivity index (χ2n) is 6.79. The van der Waals surface area contributed by atoms with Gasteiger partial charge in [0.2, 0.25) is 5.96 Å². The minimum absolute atomic E-state index is 0.0253. The Hall–Kier alpha value is -3.08. The molecule has 5 heteroatoms. The van der Waals surface area contributed by atoms with E-state index in [2.05, 4.69) is 30.3 Å². The van der Waals surface area contributed by atoms with E-state index in [0.29, 0.717) is 28.5 Å². The molecule has 0 saturated carbocycles. The van der Waals surface area contributed by atoms with Gasteiger partial charge in [-0.25, -0.2) is 9.98 Å². The molecule has 0 spiro atoms. The van der Waals surface area contributed by atoms with Gasteiger partial charge in [-0.1, -0.05) is 30.8 Å². The van der Waals surface area contributed by atoms with Crippen LogP contribution in [0.2, 0.25) is 0 Å². The molecule has 0 amide bonds. The zero-order valence-electron chi connectivity index (χ0n) is 16.1. The van der Waals surface area contributed by atoms with Crippen LogP contribution in [0.1, 0.15) is 43.6 Å². The first-order valence-corrected chi connectivity index (χ1v) is 9.25. The zero-order valence-corrected chi connectivity index (χ0v) is 16.1. The van der Waals surface area contributed by atoms with Crippen molar-refractivity contribution in [2.24, 2.45) is 15.0 Å². The summed E-state index contributed by atoms with van der Waals surface area (Å²) in [6.45, 7) is 13.6. The number of hydrogen-bond acceptors (Lipinski definition) is 5. The summed E-state index contributed by atoms with van der Waals surface area (Å²) in [7, 11) is 0. The van der Waals surface area contributed by atoms with Crippen molar-refractivity contribution < 1.29 is 4.79 Å². The monoisotopic (exact) mass is 358 g/mol. The van der Waals surface area contributed by atoms with Crippen LogP contribution in [0.5, 0.6) is 0 Å². The molecule has 1 aromatic carbocycles. The van der Waals surface area contributed by atoms with E-state index >= 15 is 0 Å². The second-order valence-corrected chi connectivity index (χ2v) is 6.79. The number of nitrogens with zero attached hydrogens (tertiary/aromatic N) is 4. The van der Waals surface area contributed by atoms with E-state index in [4.69, 9.17) is 9.98 Å². The zero-order chi connectivity index (χ0) is 19.3. The Balaban J connectivity index is 2.01. The fourth-order valence-electron chi connectivity index (χ4n) is 3.83. The van der Waals surface area contributed by atoms with Gasteiger partial charge >= 0.3 is 0 Å². The predicted molar refractivity (Wildman–Crippen MR) is 110 cm³/mol. The molecule has 0 fully saturated rings. The largest absolute Gasteiger partial charge is 0.341 e. The Morgan fingerprint density at radius 1 is 0.963 bits per heavy atom. The Morgan fingerprint density at radius 3 is 2.22 bits per heavy atom. The van der Waals surface area contributed by atoms with Crippen molar-refractivity contribution in [2.45, 2.75) is 27.7 Å². The maximum absolute atomic E-state index is 13.4. The lowest BCUT2D eigenvalue weighted by Gasteiger charge is -2.20. The van der Waals surface area contributed by atoms with Crippen molar-refractivity contribution in [1.29, 1.82) is 0 Å². The van der Waals surface area contributed by atoms with Gasteiger partial charge < -0.3 is 4.90 Å². The summed E-state index contributed by atoms with van der Waals surface area (Å²) in [5.41, 5.74) is 6.79. The van der Waals surface area contributed by atoms with Gasteiger partial charge in [-0.3, -0.25) is 9.79 Å². The van der Waals surface area contributed by atoms with Crippen LogP contribution < -0.4 is 0 Å². The van der Waals surface area contributed by atoms with Crippen molar-refractivity contribution in [2.75, 3.05) is 13.1 Å². The van der Waals surface area contributed by atoms with Crippen LogP contribution in [-0.2, 0) is 0 Å². The van der Waals surface area contributed by atoms with Crippen molar-refractivity contribution >= 4 is 23.2 Å². The first-order chi connectivity index (χ1) is 13.0. The molecule has 2 heterocycles. The number of allylic oxidation sites excluding steroid dienone is 4. The Kier molecular flexibility index (Phi) is 4.02.